The number of carboxylic acids is 1. The summed E-state index contributed by atoms with van der Waals surface area (Å²) in [6, 6.07) is -0.245. The SMILES string of the molecule is Cc1oc(C(=O)O)cc1S(=O)(=O)NC(C)C(N)=O. The van der Waals surface area contributed by atoms with Crippen molar-refractivity contribution in [3.05, 3.63) is 17.6 Å². The van der Waals surface area contributed by atoms with Crippen LogP contribution in [0, 0.1) is 6.92 Å². The quantitative estimate of drug-likeness (QED) is 0.658. The number of aromatic carboxylic acids is 1. The second kappa shape index (κ2) is 4.78. The lowest BCUT2D eigenvalue weighted by Gasteiger charge is -2.09. The number of rotatable bonds is 5. The van der Waals surface area contributed by atoms with Gasteiger partial charge in [-0.3, -0.25) is 4.79 Å². The molecule has 1 amide bonds. The highest BCUT2D eigenvalue weighted by atomic mass is 32.2. The van der Waals surface area contributed by atoms with Crippen LogP contribution in [0.2, 0.25) is 0 Å². The molecule has 0 aliphatic rings. The van der Waals surface area contributed by atoms with Gasteiger partial charge in [-0.1, -0.05) is 0 Å². The molecule has 0 saturated heterocycles. The molecule has 0 aliphatic carbocycles. The van der Waals surface area contributed by atoms with Gasteiger partial charge in [-0.05, 0) is 13.8 Å². The molecule has 8 nitrogen and oxygen atoms in total. The van der Waals surface area contributed by atoms with Crippen LogP contribution in [0.1, 0.15) is 23.2 Å². The number of nitrogens with two attached hydrogens (primary N) is 1. The fraction of sp³-hybridized carbons (Fsp3) is 0.333. The third-order valence-electron chi connectivity index (χ3n) is 2.13. The first-order chi connectivity index (χ1) is 8.15. The van der Waals surface area contributed by atoms with Gasteiger partial charge in [-0.15, -0.1) is 0 Å². The van der Waals surface area contributed by atoms with E-state index in [1.54, 1.807) is 0 Å². The maximum atomic E-state index is 11.8. The number of amides is 1. The fourth-order valence-electron chi connectivity index (χ4n) is 1.19. The van der Waals surface area contributed by atoms with Crippen molar-refractivity contribution in [3.8, 4) is 0 Å². The van der Waals surface area contributed by atoms with Crippen molar-refractivity contribution in [1.29, 1.82) is 0 Å². The molecule has 4 N–H and O–H groups in total. The Morgan fingerprint density at radius 2 is 2.06 bits per heavy atom. The summed E-state index contributed by atoms with van der Waals surface area (Å²) in [6.45, 7) is 2.57. The zero-order chi connectivity index (χ0) is 14.1. The molecular formula is C9H12N2O6S. The molecule has 0 spiro atoms. The highest BCUT2D eigenvalue weighted by Crippen LogP contribution is 2.20. The number of nitrogens with one attached hydrogen (secondary N) is 1. The highest BCUT2D eigenvalue weighted by Gasteiger charge is 2.26. The Balaban J connectivity index is 3.13. The van der Waals surface area contributed by atoms with Gasteiger partial charge in [0, 0.05) is 6.07 Å². The maximum absolute atomic E-state index is 11.8. The van der Waals surface area contributed by atoms with E-state index < -0.39 is 33.7 Å². The molecule has 1 unspecified atom stereocenters. The average molecular weight is 276 g/mol. The average Bonchev–Trinajstić information content (AvgIpc) is 2.60. The summed E-state index contributed by atoms with van der Waals surface area (Å²) >= 11 is 0. The Morgan fingerprint density at radius 1 is 1.50 bits per heavy atom. The van der Waals surface area contributed by atoms with Crippen LogP contribution >= 0.6 is 0 Å². The lowest BCUT2D eigenvalue weighted by atomic mass is 10.4. The number of hydrogen-bond donors (Lipinski definition) is 3. The summed E-state index contributed by atoms with van der Waals surface area (Å²) in [4.78, 5) is 21.1. The van der Waals surface area contributed by atoms with E-state index >= 15 is 0 Å². The number of furan rings is 1. The molecule has 0 aromatic carbocycles. The van der Waals surface area contributed by atoms with Crippen LogP contribution in [0.4, 0.5) is 0 Å². The van der Waals surface area contributed by atoms with Crippen LogP contribution in [-0.2, 0) is 14.8 Å². The molecule has 9 heteroatoms. The smallest absolute Gasteiger partial charge is 0.371 e. The van der Waals surface area contributed by atoms with Crippen LogP contribution < -0.4 is 10.5 Å². The summed E-state index contributed by atoms with van der Waals surface area (Å²) in [5, 5.41) is 8.68. The van der Waals surface area contributed by atoms with Crippen molar-refractivity contribution in [3.63, 3.8) is 0 Å². The molecule has 1 aromatic rings. The van der Waals surface area contributed by atoms with E-state index in [1.807, 2.05) is 4.72 Å². The van der Waals surface area contributed by atoms with Crippen molar-refractivity contribution in [2.24, 2.45) is 5.73 Å². The maximum Gasteiger partial charge on any atom is 0.371 e. The van der Waals surface area contributed by atoms with Crippen LogP contribution in [0.3, 0.4) is 0 Å². The van der Waals surface area contributed by atoms with Crippen molar-refractivity contribution in [1.82, 2.24) is 4.72 Å². The second-order valence-electron chi connectivity index (χ2n) is 3.58. The molecule has 0 radical (unpaired) electrons. The Kier molecular flexibility index (Phi) is 3.77. The number of aryl methyl sites for hydroxylation is 1. The first kappa shape index (κ1) is 14.2. The van der Waals surface area contributed by atoms with Gasteiger partial charge in [0.05, 0.1) is 6.04 Å². The summed E-state index contributed by atoms with van der Waals surface area (Å²) in [7, 11) is -4.06. The van der Waals surface area contributed by atoms with Crippen LogP contribution in [0.15, 0.2) is 15.4 Å². The predicted octanol–water partition coefficient (Wildman–Crippen LogP) is -0.562. The van der Waals surface area contributed by atoms with E-state index in [1.165, 1.54) is 13.8 Å². The Labute approximate surface area is 103 Å². The zero-order valence-corrected chi connectivity index (χ0v) is 10.4. The van der Waals surface area contributed by atoms with Gasteiger partial charge in [-0.2, -0.15) is 4.72 Å². The minimum atomic E-state index is -4.06. The Bertz CT molecular complexity index is 588. The summed E-state index contributed by atoms with van der Waals surface area (Å²) < 4.78 is 30.4. The van der Waals surface area contributed by atoms with Crippen LogP contribution in [0.5, 0.6) is 0 Å². The topological polar surface area (TPSA) is 140 Å². The van der Waals surface area contributed by atoms with E-state index in [-0.39, 0.29) is 10.7 Å². The Morgan fingerprint density at radius 3 is 2.44 bits per heavy atom. The van der Waals surface area contributed by atoms with Gasteiger partial charge in [0.25, 0.3) is 0 Å². The lowest BCUT2D eigenvalue weighted by Crippen LogP contribution is -2.42. The second-order valence-corrected chi connectivity index (χ2v) is 5.26. The van der Waals surface area contributed by atoms with Gasteiger partial charge in [0.1, 0.15) is 10.7 Å². The Hall–Kier alpha value is -1.87. The van der Waals surface area contributed by atoms with Gasteiger partial charge >= 0.3 is 5.97 Å². The first-order valence-corrected chi connectivity index (χ1v) is 6.29. The molecule has 0 aliphatic heterocycles. The number of carboxylic acid groups (broad SMARTS) is 1. The molecule has 0 bridgehead atoms. The fourth-order valence-corrected chi connectivity index (χ4v) is 2.58. The third-order valence-corrected chi connectivity index (χ3v) is 3.78. The molecule has 1 heterocycles. The number of sulfonamides is 1. The van der Waals surface area contributed by atoms with Crippen LogP contribution in [-0.4, -0.2) is 31.4 Å². The van der Waals surface area contributed by atoms with Gasteiger partial charge in [0.2, 0.25) is 21.7 Å². The molecule has 100 valence electrons. The summed E-state index contributed by atoms with van der Waals surface area (Å²) in [5.41, 5.74) is 4.93. The molecule has 1 aromatic heterocycles. The van der Waals surface area contributed by atoms with Crippen molar-refractivity contribution in [2.75, 3.05) is 0 Å². The minimum Gasteiger partial charge on any atom is -0.475 e. The van der Waals surface area contributed by atoms with Gasteiger partial charge in [0.15, 0.2) is 0 Å². The van der Waals surface area contributed by atoms with Crippen molar-refractivity contribution >= 4 is 21.9 Å². The summed E-state index contributed by atoms with van der Waals surface area (Å²) in [5.74, 6) is -2.82. The minimum absolute atomic E-state index is 0.0865. The third kappa shape index (κ3) is 2.87. The van der Waals surface area contributed by atoms with E-state index in [0.29, 0.717) is 0 Å². The van der Waals surface area contributed by atoms with Gasteiger partial charge < -0.3 is 15.3 Å². The molecular weight excluding hydrogens is 264 g/mol. The zero-order valence-electron chi connectivity index (χ0n) is 9.63. The van der Waals surface area contributed by atoms with E-state index in [9.17, 15) is 18.0 Å². The molecule has 18 heavy (non-hydrogen) atoms. The largest absolute Gasteiger partial charge is 0.475 e. The highest BCUT2D eigenvalue weighted by molar-refractivity contribution is 7.89. The predicted molar refractivity (Wildman–Crippen MR) is 59.4 cm³/mol. The molecule has 1 rings (SSSR count). The number of carbonyl (C=O) groups is 2. The van der Waals surface area contributed by atoms with Gasteiger partial charge in [-0.25, -0.2) is 13.2 Å². The van der Waals surface area contributed by atoms with Crippen molar-refractivity contribution in [2.45, 2.75) is 24.8 Å². The normalized spacial score (nSPS) is 13.2. The van der Waals surface area contributed by atoms with E-state index in [2.05, 4.69) is 0 Å². The van der Waals surface area contributed by atoms with E-state index in [0.717, 1.165) is 6.07 Å². The van der Waals surface area contributed by atoms with Crippen LogP contribution in [0.25, 0.3) is 0 Å². The lowest BCUT2D eigenvalue weighted by molar-refractivity contribution is -0.119. The van der Waals surface area contributed by atoms with Crippen molar-refractivity contribution < 1.29 is 27.5 Å². The first-order valence-electron chi connectivity index (χ1n) is 4.80. The molecule has 0 saturated carbocycles. The summed E-state index contributed by atoms with van der Waals surface area (Å²) in [6.07, 6.45) is 0. The number of primary amides is 1. The standard InChI is InChI=1S/C9H12N2O6S/c1-4(8(10)12)11-18(15,16)7-3-6(9(13)14)17-5(7)2/h3-4,11H,1-2H3,(H2,10,12)(H,13,14). The van der Waals surface area contributed by atoms with E-state index in [4.69, 9.17) is 15.3 Å². The monoisotopic (exact) mass is 276 g/mol. The number of carbonyl (C=O) groups excluding carboxylic acids is 1. The molecule has 0 fully saturated rings. The number of hydrogen-bond acceptors (Lipinski definition) is 5. The molecule has 1 atom stereocenters.